The zero-order valence-electron chi connectivity index (χ0n) is 9.10. The summed E-state index contributed by atoms with van der Waals surface area (Å²) >= 11 is 5.83. The Morgan fingerprint density at radius 2 is 2.06 bits per heavy atom. The fourth-order valence-corrected chi connectivity index (χ4v) is 2.70. The molecule has 0 amide bonds. The van der Waals surface area contributed by atoms with Gasteiger partial charge in [0.1, 0.15) is 6.29 Å². The third-order valence-electron chi connectivity index (χ3n) is 2.35. The number of carbonyl (C=O) groups is 1. The van der Waals surface area contributed by atoms with E-state index in [1.807, 2.05) is 0 Å². The van der Waals surface area contributed by atoms with E-state index in [1.165, 1.54) is 12.1 Å². The Labute approximate surface area is 100 Å². The monoisotopic (exact) mass is 260 g/mol. The molecule has 3 nitrogen and oxygen atoms in total. The fraction of sp³-hybridized carbons (Fsp3) is 0.364. The van der Waals surface area contributed by atoms with Crippen molar-refractivity contribution >= 4 is 27.7 Å². The lowest BCUT2D eigenvalue weighted by atomic mass is 9.98. The standard InChI is InChI=1S/C11H13ClO3S/c1-8(5-6-13)10-7-9(12)3-4-11(10)16(2,14)15/h3-4,6-8H,5H2,1-2H3. The first-order chi connectivity index (χ1) is 7.36. The summed E-state index contributed by atoms with van der Waals surface area (Å²) in [7, 11) is -3.29. The molecule has 0 N–H and O–H groups in total. The first-order valence-electron chi connectivity index (χ1n) is 4.79. The first-order valence-corrected chi connectivity index (χ1v) is 7.06. The van der Waals surface area contributed by atoms with Crippen molar-refractivity contribution < 1.29 is 13.2 Å². The van der Waals surface area contributed by atoms with E-state index < -0.39 is 9.84 Å². The minimum atomic E-state index is -3.29. The number of benzene rings is 1. The van der Waals surface area contributed by atoms with Crippen molar-refractivity contribution in [1.29, 1.82) is 0 Å². The van der Waals surface area contributed by atoms with Gasteiger partial charge < -0.3 is 4.79 Å². The summed E-state index contributed by atoms with van der Waals surface area (Å²) in [6, 6.07) is 4.62. The second-order valence-electron chi connectivity index (χ2n) is 3.76. The lowest BCUT2D eigenvalue weighted by Gasteiger charge is -2.13. The first kappa shape index (κ1) is 13.2. The smallest absolute Gasteiger partial charge is 0.175 e. The average molecular weight is 261 g/mol. The summed E-state index contributed by atoms with van der Waals surface area (Å²) in [4.78, 5) is 10.7. The molecular weight excluding hydrogens is 248 g/mol. The zero-order valence-corrected chi connectivity index (χ0v) is 10.7. The van der Waals surface area contributed by atoms with Crippen molar-refractivity contribution in [3.63, 3.8) is 0 Å². The maximum Gasteiger partial charge on any atom is 0.175 e. The van der Waals surface area contributed by atoms with Gasteiger partial charge in [0.15, 0.2) is 9.84 Å². The van der Waals surface area contributed by atoms with Gasteiger partial charge in [-0.15, -0.1) is 0 Å². The van der Waals surface area contributed by atoms with Crippen molar-refractivity contribution in [2.24, 2.45) is 0 Å². The molecule has 0 spiro atoms. The zero-order chi connectivity index (χ0) is 12.3. The Hall–Kier alpha value is -0.870. The molecule has 0 bridgehead atoms. The second kappa shape index (κ2) is 4.97. The van der Waals surface area contributed by atoms with Gasteiger partial charge in [0, 0.05) is 17.7 Å². The summed E-state index contributed by atoms with van der Waals surface area (Å²) in [6.45, 7) is 1.80. The van der Waals surface area contributed by atoms with E-state index in [0.29, 0.717) is 10.6 Å². The second-order valence-corrected chi connectivity index (χ2v) is 6.18. The van der Waals surface area contributed by atoms with E-state index in [4.69, 9.17) is 11.6 Å². The highest BCUT2D eigenvalue weighted by Gasteiger charge is 2.17. The summed E-state index contributed by atoms with van der Waals surface area (Å²) < 4.78 is 23.1. The lowest BCUT2D eigenvalue weighted by Crippen LogP contribution is -2.05. The highest BCUT2D eigenvalue weighted by Crippen LogP contribution is 2.28. The number of rotatable bonds is 4. The largest absolute Gasteiger partial charge is 0.303 e. The van der Waals surface area contributed by atoms with Gasteiger partial charge in [-0.25, -0.2) is 8.42 Å². The molecule has 88 valence electrons. The Balaban J connectivity index is 3.34. The van der Waals surface area contributed by atoms with Gasteiger partial charge in [-0.1, -0.05) is 18.5 Å². The molecule has 0 heterocycles. The number of halogens is 1. The molecule has 0 saturated heterocycles. The molecule has 0 aliphatic carbocycles. The molecular formula is C11H13ClO3S. The van der Waals surface area contributed by atoms with Crippen LogP contribution in [0.3, 0.4) is 0 Å². The van der Waals surface area contributed by atoms with Crippen molar-refractivity contribution in [3.8, 4) is 0 Å². The van der Waals surface area contributed by atoms with Gasteiger partial charge in [-0.2, -0.15) is 0 Å². The van der Waals surface area contributed by atoms with Crippen LogP contribution in [0.15, 0.2) is 23.1 Å². The average Bonchev–Trinajstić information content (AvgIpc) is 2.16. The Kier molecular flexibility index (Phi) is 4.10. The molecule has 0 radical (unpaired) electrons. The molecule has 1 unspecified atom stereocenters. The molecule has 0 aliphatic heterocycles. The van der Waals surface area contributed by atoms with E-state index in [2.05, 4.69) is 0 Å². The van der Waals surface area contributed by atoms with Crippen LogP contribution in [0.5, 0.6) is 0 Å². The quantitative estimate of drug-likeness (QED) is 0.782. The van der Waals surface area contributed by atoms with Crippen molar-refractivity contribution in [2.75, 3.05) is 6.26 Å². The minimum Gasteiger partial charge on any atom is -0.303 e. The molecule has 0 aliphatic rings. The van der Waals surface area contributed by atoms with E-state index in [1.54, 1.807) is 13.0 Å². The molecule has 0 fully saturated rings. The van der Waals surface area contributed by atoms with E-state index >= 15 is 0 Å². The predicted octanol–water partition coefficient (Wildman–Crippen LogP) is 2.44. The van der Waals surface area contributed by atoms with Crippen LogP contribution in [0.2, 0.25) is 5.02 Å². The Bertz CT molecular complexity index is 494. The maximum absolute atomic E-state index is 11.5. The molecule has 1 atom stereocenters. The van der Waals surface area contributed by atoms with Gasteiger partial charge in [0.2, 0.25) is 0 Å². The molecule has 0 aromatic heterocycles. The third-order valence-corrected chi connectivity index (χ3v) is 3.76. The van der Waals surface area contributed by atoms with Gasteiger partial charge in [-0.3, -0.25) is 0 Å². The SMILES string of the molecule is CC(CC=O)c1cc(Cl)ccc1S(C)(=O)=O. The van der Waals surface area contributed by atoms with Crippen LogP contribution in [0.4, 0.5) is 0 Å². The van der Waals surface area contributed by atoms with Crippen LogP contribution in [-0.2, 0) is 14.6 Å². The topological polar surface area (TPSA) is 51.2 Å². The van der Waals surface area contributed by atoms with Crippen molar-refractivity contribution in [2.45, 2.75) is 24.2 Å². The lowest BCUT2D eigenvalue weighted by molar-refractivity contribution is -0.108. The van der Waals surface area contributed by atoms with Crippen LogP contribution in [0.1, 0.15) is 24.8 Å². The summed E-state index contributed by atoms with van der Waals surface area (Å²) in [5, 5.41) is 0.472. The molecule has 1 aromatic rings. The van der Waals surface area contributed by atoms with Crippen molar-refractivity contribution in [3.05, 3.63) is 28.8 Å². The number of sulfone groups is 1. The number of aldehydes is 1. The molecule has 1 rings (SSSR count). The summed E-state index contributed by atoms with van der Waals surface area (Å²) in [5.41, 5.74) is 0.599. The highest BCUT2D eigenvalue weighted by molar-refractivity contribution is 7.90. The molecule has 0 saturated carbocycles. The summed E-state index contributed by atoms with van der Waals surface area (Å²) in [6.07, 6.45) is 2.20. The predicted molar refractivity (Wildman–Crippen MR) is 63.7 cm³/mol. The summed E-state index contributed by atoms with van der Waals surface area (Å²) in [5.74, 6) is -0.152. The highest BCUT2D eigenvalue weighted by atomic mass is 35.5. The van der Waals surface area contributed by atoms with Gasteiger partial charge >= 0.3 is 0 Å². The van der Waals surface area contributed by atoms with Crippen LogP contribution in [0.25, 0.3) is 0 Å². The number of hydrogen-bond donors (Lipinski definition) is 0. The van der Waals surface area contributed by atoms with E-state index in [-0.39, 0.29) is 17.2 Å². The van der Waals surface area contributed by atoms with Gasteiger partial charge in [0.05, 0.1) is 4.90 Å². The normalized spacial score (nSPS) is 13.4. The van der Waals surface area contributed by atoms with E-state index in [9.17, 15) is 13.2 Å². The number of hydrogen-bond acceptors (Lipinski definition) is 3. The maximum atomic E-state index is 11.5. The van der Waals surface area contributed by atoms with Crippen LogP contribution >= 0.6 is 11.6 Å². The van der Waals surface area contributed by atoms with Crippen LogP contribution in [-0.4, -0.2) is 21.0 Å². The van der Waals surface area contributed by atoms with Gasteiger partial charge in [0.25, 0.3) is 0 Å². The van der Waals surface area contributed by atoms with Crippen LogP contribution < -0.4 is 0 Å². The van der Waals surface area contributed by atoms with Gasteiger partial charge in [-0.05, 0) is 29.7 Å². The third kappa shape index (κ3) is 3.06. The molecule has 16 heavy (non-hydrogen) atoms. The Morgan fingerprint density at radius 1 is 1.44 bits per heavy atom. The van der Waals surface area contributed by atoms with Crippen LogP contribution in [0, 0.1) is 0 Å². The molecule has 1 aromatic carbocycles. The minimum absolute atomic E-state index is 0.152. The Morgan fingerprint density at radius 3 is 2.56 bits per heavy atom. The number of carbonyl (C=O) groups excluding carboxylic acids is 1. The molecule has 5 heteroatoms. The van der Waals surface area contributed by atoms with Crippen molar-refractivity contribution in [1.82, 2.24) is 0 Å². The van der Waals surface area contributed by atoms with E-state index in [0.717, 1.165) is 12.5 Å². The fourth-order valence-electron chi connectivity index (χ4n) is 1.51.